The highest BCUT2D eigenvalue weighted by atomic mass is 16.5. The zero-order valence-electron chi connectivity index (χ0n) is 12.3. The summed E-state index contributed by atoms with van der Waals surface area (Å²) in [5.74, 6) is 1.10. The van der Waals surface area contributed by atoms with Gasteiger partial charge in [-0.2, -0.15) is 0 Å². The molecule has 0 radical (unpaired) electrons. The van der Waals surface area contributed by atoms with Crippen LogP contribution in [0.4, 0.5) is 0 Å². The van der Waals surface area contributed by atoms with Crippen molar-refractivity contribution in [2.45, 2.75) is 18.9 Å². The Morgan fingerprint density at radius 1 is 1.20 bits per heavy atom. The van der Waals surface area contributed by atoms with Crippen LogP contribution in [-0.2, 0) is 0 Å². The molecule has 110 valence electrons. The quantitative estimate of drug-likeness (QED) is 0.907. The summed E-state index contributed by atoms with van der Waals surface area (Å²) in [4.78, 5) is 14.6. The molecule has 1 aliphatic rings. The van der Waals surface area contributed by atoms with E-state index in [0.717, 1.165) is 25.9 Å². The maximum Gasteiger partial charge on any atom is 0.261 e. The lowest BCUT2D eigenvalue weighted by Gasteiger charge is -2.32. The first kappa shape index (κ1) is 14.7. The van der Waals surface area contributed by atoms with Crippen LogP contribution in [0.25, 0.3) is 0 Å². The molecule has 0 aromatic heterocycles. The number of hydrogen-bond acceptors (Lipinski definition) is 4. The Morgan fingerprint density at radius 2 is 1.75 bits per heavy atom. The van der Waals surface area contributed by atoms with Gasteiger partial charge in [0.15, 0.2) is 0 Å². The summed E-state index contributed by atoms with van der Waals surface area (Å²) in [6.07, 6.45) is 1.94. The molecule has 1 N–H and O–H groups in total. The third-order valence-electron chi connectivity index (χ3n) is 3.83. The van der Waals surface area contributed by atoms with Crippen molar-refractivity contribution in [3.05, 3.63) is 23.8 Å². The number of hydrogen-bond donors (Lipinski definition) is 1. The number of nitrogens with one attached hydrogen (secondary N) is 1. The molecule has 1 fully saturated rings. The lowest BCUT2D eigenvalue weighted by Crippen LogP contribution is -2.44. The number of benzene rings is 1. The van der Waals surface area contributed by atoms with Gasteiger partial charge in [-0.1, -0.05) is 6.07 Å². The normalized spacial score (nSPS) is 16.1. The van der Waals surface area contributed by atoms with Gasteiger partial charge in [-0.05, 0) is 32.0 Å². The van der Waals surface area contributed by atoms with Crippen LogP contribution >= 0.6 is 0 Å². The fraction of sp³-hybridized carbons (Fsp3) is 0.533. The van der Waals surface area contributed by atoms with E-state index in [1.807, 2.05) is 18.0 Å². The summed E-state index contributed by atoms with van der Waals surface area (Å²) in [5.41, 5.74) is 0.514. The van der Waals surface area contributed by atoms with E-state index in [9.17, 15) is 4.79 Å². The fourth-order valence-electron chi connectivity index (χ4n) is 2.59. The number of rotatable bonds is 4. The van der Waals surface area contributed by atoms with E-state index in [2.05, 4.69) is 5.32 Å². The minimum Gasteiger partial charge on any atom is -0.496 e. The minimum atomic E-state index is -0.0196. The van der Waals surface area contributed by atoms with Crippen molar-refractivity contribution in [3.63, 3.8) is 0 Å². The van der Waals surface area contributed by atoms with Gasteiger partial charge in [0, 0.05) is 19.1 Å². The molecule has 1 amide bonds. The Hall–Kier alpha value is -1.75. The lowest BCUT2D eigenvalue weighted by atomic mass is 10.0. The first-order valence-corrected chi connectivity index (χ1v) is 6.88. The molecular formula is C15H22N2O3. The van der Waals surface area contributed by atoms with E-state index in [-0.39, 0.29) is 5.91 Å². The van der Waals surface area contributed by atoms with Crippen molar-refractivity contribution < 1.29 is 14.3 Å². The van der Waals surface area contributed by atoms with Gasteiger partial charge in [-0.25, -0.2) is 0 Å². The van der Waals surface area contributed by atoms with E-state index in [1.54, 1.807) is 26.4 Å². The standard InChI is InChI=1S/C15H22N2O3/c1-16-11-7-9-17(10-8-11)15(18)14-12(19-2)5-4-6-13(14)20-3/h4-6,11,16H,7-10H2,1-3H3. The highest BCUT2D eigenvalue weighted by Crippen LogP contribution is 2.30. The highest BCUT2D eigenvalue weighted by Gasteiger charge is 2.27. The maximum absolute atomic E-state index is 12.7. The molecule has 5 nitrogen and oxygen atoms in total. The molecule has 0 saturated carbocycles. The third-order valence-corrected chi connectivity index (χ3v) is 3.83. The van der Waals surface area contributed by atoms with Gasteiger partial charge < -0.3 is 19.7 Å². The summed E-state index contributed by atoms with van der Waals surface area (Å²) in [7, 11) is 5.10. The Kier molecular flexibility index (Phi) is 4.84. The van der Waals surface area contributed by atoms with Crippen molar-refractivity contribution in [3.8, 4) is 11.5 Å². The molecule has 0 unspecified atom stereocenters. The molecule has 1 aliphatic heterocycles. The average Bonchev–Trinajstić information content (AvgIpc) is 2.53. The third kappa shape index (κ3) is 2.88. The van der Waals surface area contributed by atoms with Gasteiger partial charge in [0.2, 0.25) is 0 Å². The van der Waals surface area contributed by atoms with Crippen molar-refractivity contribution in [1.29, 1.82) is 0 Å². The van der Waals surface area contributed by atoms with E-state index < -0.39 is 0 Å². The molecule has 0 aliphatic carbocycles. The first-order valence-electron chi connectivity index (χ1n) is 6.88. The smallest absolute Gasteiger partial charge is 0.261 e. The summed E-state index contributed by atoms with van der Waals surface area (Å²) in [6, 6.07) is 5.90. The number of likely N-dealkylation sites (tertiary alicyclic amines) is 1. The molecule has 0 spiro atoms. The zero-order chi connectivity index (χ0) is 14.5. The number of carbonyl (C=O) groups excluding carboxylic acids is 1. The molecule has 1 aromatic rings. The summed E-state index contributed by atoms with van der Waals surface area (Å²) in [5, 5.41) is 3.26. The highest BCUT2D eigenvalue weighted by molar-refractivity contribution is 5.99. The predicted octanol–water partition coefficient (Wildman–Crippen LogP) is 1.53. The predicted molar refractivity (Wildman–Crippen MR) is 77.5 cm³/mol. The fourth-order valence-corrected chi connectivity index (χ4v) is 2.59. The Balaban J connectivity index is 2.21. The minimum absolute atomic E-state index is 0.0196. The van der Waals surface area contributed by atoms with Crippen LogP contribution in [0.3, 0.4) is 0 Å². The molecule has 20 heavy (non-hydrogen) atoms. The number of carbonyl (C=O) groups is 1. The van der Waals surface area contributed by atoms with E-state index in [0.29, 0.717) is 23.1 Å². The second-order valence-corrected chi connectivity index (χ2v) is 4.89. The van der Waals surface area contributed by atoms with Crippen LogP contribution in [-0.4, -0.2) is 51.2 Å². The maximum atomic E-state index is 12.7. The number of ether oxygens (including phenoxy) is 2. The van der Waals surface area contributed by atoms with Crippen LogP contribution in [0.1, 0.15) is 23.2 Å². The Labute approximate surface area is 119 Å². The Bertz CT molecular complexity index is 446. The van der Waals surface area contributed by atoms with Gasteiger partial charge in [0.1, 0.15) is 17.1 Å². The van der Waals surface area contributed by atoms with Gasteiger partial charge >= 0.3 is 0 Å². The molecule has 0 atom stereocenters. The summed E-state index contributed by atoms with van der Waals surface area (Å²) in [6.45, 7) is 1.51. The lowest BCUT2D eigenvalue weighted by molar-refractivity contribution is 0.0700. The van der Waals surface area contributed by atoms with Gasteiger partial charge in [0.25, 0.3) is 5.91 Å². The zero-order valence-corrected chi connectivity index (χ0v) is 12.3. The number of amides is 1. The second-order valence-electron chi connectivity index (χ2n) is 4.89. The number of methoxy groups -OCH3 is 2. The van der Waals surface area contributed by atoms with Crippen LogP contribution < -0.4 is 14.8 Å². The van der Waals surface area contributed by atoms with Crippen molar-refractivity contribution >= 4 is 5.91 Å². The van der Waals surface area contributed by atoms with E-state index >= 15 is 0 Å². The molecule has 2 rings (SSSR count). The van der Waals surface area contributed by atoms with Gasteiger partial charge in [-0.15, -0.1) is 0 Å². The molecule has 5 heteroatoms. The van der Waals surface area contributed by atoms with Crippen molar-refractivity contribution in [2.24, 2.45) is 0 Å². The molecule has 0 bridgehead atoms. The van der Waals surface area contributed by atoms with Crippen LogP contribution in [0.15, 0.2) is 18.2 Å². The number of nitrogens with zero attached hydrogens (tertiary/aromatic N) is 1. The van der Waals surface area contributed by atoms with Crippen molar-refractivity contribution in [2.75, 3.05) is 34.4 Å². The van der Waals surface area contributed by atoms with Crippen LogP contribution in [0, 0.1) is 0 Å². The summed E-state index contributed by atoms with van der Waals surface area (Å²) < 4.78 is 10.6. The largest absolute Gasteiger partial charge is 0.496 e. The van der Waals surface area contributed by atoms with Crippen LogP contribution in [0.5, 0.6) is 11.5 Å². The molecule has 1 heterocycles. The summed E-state index contributed by atoms with van der Waals surface area (Å²) >= 11 is 0. The van der Waals surface area contributed by atoms with Crippen LogP contribution in [0.2, 0.25) is 0 Å². The first-order chi connectivity index (χ1) is 9.71. The average molecular weight is 278 g/mol. The Morgan fingerprint density at radius 3 is 2.20 bits per heavy atom. The van der Waals surface area contributed by atoms with Crippen molar-refractivity contribution in [1.82, 2.24) is 10.2 Å². The van der Waals surface area contributed by atoms with E-state index in [1.165, 1.54) is 0 Å². The molecule has 1 saturated heterocycles. The monoisotopic (exact) mass is 278 g/mol. The van der Waals surface area contributed by atoms with E-state index in [4.69, 9.17) is 9.47 Å². The second kappa shape index (κ2) is 6.61. The van der Waals surface area contributed by atoms with Gasteiger partial charge in [0.05, 0.1) is 14.2 Å². The van der Waals surface area contributed by atoms with Gasteiger partial charge in [-0.3, -0.25) is 4.79 Å². The number of piperidine rings is 1. The topological polar surface area (TPSA) is 50.8 Å². The molecular weight excluding hydrogens is 256 g/mol. The molecule has 1 aromatic carbocycles. The SMILES string of the molecule is CNC1CCN(C(=O)c2c(OC)cccc2OC)CC1.